The minimum absolute atomic E-state index is 0.00508. The zero-order valence-electron chi connectivity index (χ0n) is 16.6. The maximum atomic E-state index is 12.6. The summed E-state index contributed by atoms with van der Waals surface area (Å²) >= 11 is 0. The van der Waals surface area contributed by atoms with Crippen LogP contribution >= 0.6 is 0 Å². The van der Waals surface area contributed by atoms with E-state index in [4.69, 9.17) is 4.74 Å². The molecule has 2 nitrogen and oxygen atoms in total. The average Bonchev–Trinajstić information content (AvgIpc) is 2.63. The Hall–Kier alpha value is -1.57. The second-order valence-electron chi connectivity index (χ2n) is 8.96. The van der Waals surface area contributed by atoms with Crippen molar-refractivity contribution in [1.82, 2.24) is 0 Å². The van der Waals surface area contributed by atoms with E-state index in [1.807, 2.05) is 0 Å². The molecule has 2 heteroatoms. The molecule has 0 radical (unpaired) electrons. The summed E-state index contributed by atoms with van der Waals surface area (Å²) in [5.41, 5.74) is 1.35. The molecule has 0 aromatic heterocycles. The van der Waals surface area contributed by atoms with Crippen LogP contribution in [0.5, 0.6) is 0 Å². The molecule has 0 bridgehead atoms. The maximum absolute atomic E-state index is 12.6. The number of hydrogen-bond donors (Lipinski definition) is 0. The lowest BCUT2D eigenvalue weighted by Crippen LogP contribution is -2.43. The molecule has 0 heterocycles. The number of ether oxygens (including phenoxy) is 1. The molecule has 1 fully saturated rings. The van der Waals surface area contributed by atoms with Crippen LogP contribution in [0.4, 0.5) is 0 Å². The van der Waals surface area contributed by atoms with Crippen LogP contribution in [0.25, 0.3) is 0 Å². The molecule has 1 aromatic carbocycles. The van der Waals surface area contributed by atoms with Crippen LogP contribution in [-0.4, -0.2) is 12.1 Å². The number of carbonyl (C=O) groups is 1. The van der Waals surface area contributed by atoms with Crippen LogP contribution in [0.1, 0.15) is 71.3 Å². The van der Waals surface area contributed by atoms with Gasteiger partial charge >= 0.3 is 5.97 Å². The second-order valence-corrected chi connectivity index (χ2v) is 8.96. The van der Waals surface area contributed by atoms with Crippen LogP contribution in [-0.2, 0) is 14.9 Å². The molecule has 4 atom stereocenters. The minimum Gasteiger partial charge on any atom is -0.462 e. The molecule has 2 aliphatic carbocycles. The molecular weight excluding hydrogens is 320 g/mol. The SMILES string of the molecule is C[C@@H]1CC[C@@H](C(C)(C)c2ccccc2)[C@H](OC(=O)C[C@@H]2C=CCCC2)C1. The van der Waals surface area contributed by atoms with Gasteiger partial charge in [0.2, 0.25) is 0 Å². The molecule has 0 N–H and O–H groups in total. The van der Waals surface area contributed by atoms with Crippen molar-refractivity contribution in [3.05, 3.63) is 48.0 Å². The van der Waals surface area contributed by atoms with Gasteiger partial charge < -0.3 is 4.74 Å². The highest BCUT2D eigenvalue weighted by molar-refractivity contribution is 5.70. The molecule has 0 spiro atoms. The third-order valence-corrected chi connectivity index (χ3v) is 6.56. The molecule has 142 valence electrons. The number of esters is 1. The van der Waals surface area contributed by atoms with E-state index in [0.717, 1.165) is 25.7 Å². The highest BCUT2D eigenvalue weighted by Gasteiger charge is 2.42. The molecule has 1 saturated carbocycles. The first-order chi connectivity index (χ1) is 12.5. The summed E-state index contributed by atoms with van der Waals surface area (Å²) in [5, 5.41) is 0. The van der Waals surface area contributed by atoms with E-state index in [1.165, 1.54) is 18.4 Å². The Morgan fingerprint density at radius 2 is 1.92 bits per heavy atom. The number of allylic oxidation sites excluding steroid dienone is 2. The van der Waals surface area contributed by atoms with E-state index in [1.54, 1.807) is 0 Å². The Morgan fingerprint density at radius 1 is 1.15 bits per heavy atom. The fraction of sp³-hybridized carbons (Fsp3) is 0.625. The first kappa shape index (κ1) is 19.2. The van der Waals surface area contributed by atoms with E-state index >= 15 is 0 Å². The summed E-state index contributed by atoms with van der Waals surface area (Å²) in [5.74, 6) is 1.38. The van der Waals surface area contributed by atoms with Gasteiger partial charge in [-0.15, -0.1) is 0 Å². The van der Waals surface area contributed by atoms with Crippen molar-refractivity contribution in [3.63, 3.8) is 0 Å². The second kappa shape index (κ2) is 8.41. The molecule has 1 aromatic rings. The summed E-state index contributed by atoms with van der Waals surface area (Å²) in [6.07, 6.45) is 11.8. The van der Waals surface area contributed by atoms with Gasteiger partial charge in [0, 0.05) is 5.92 Å². The molecule has 0 amide bonds. The van der Waals surface area contributed by atoms with E-state index in [-0.39, 0.29) is 17.5 Å². The van der Waals surface area contributed by atoms with Gasteiger partial charge in [0.25, 0.3) is 0 Å². The van der Waals surface area contributed by atoms with Crippen molar-refractivity contribution >= 4 is 5.97 Å². The van der Waals surface area contributed by atoms with Gasteiger partial charge in [0.1, 0.15) is 6.10 Å². The molecule has 0 unspecified atom stereocenters. The van der Waals surface area contributed by atoms with Crippen LogP contribution in [0.15, 0.2) is 42.5 Å². The number of benzene rings is 1. The molecule has 0 aliphatic heterocycles. The molecular formula is C24H34O2. The summed E-state index contributed by atoms with van der Waals surface area (Å²) < 4.78 is 6.11. The van der Waals surface area contributed by atoms with Crippen molar-refractivity contribution in [3.8, 4) is 0 Å². The first-order valence-electron chi connectivity index (χ1n) is 10.4. The van der Waals surface area contributed by atoms with E-state index in [0.29, 0.717) is 24.2 Å². The summed E-state index contributed by atoms with van der Waals surface area (Å²) in [6.45, 7) is 6.91. The Labute approximate surface area is 159 Å². The highest BCUT2D eigenvalue weighted by atomic mass is 16.5. The zero-order valence-corrected chi connectivity index (χ0v) is 16.6. The van der Waals surface area contributed by atoms with Crippen LogP contribution in [0, 0.1) is 17.8 Å². The lowest BCUT2D eigenvalue weighted by Gasteiger charge is -2.44. The fourth-order valence-electron chi connectivity index (χ4n) is 4.85. The lowest BCUT2D eigenvalue weighted by molar-refractivity contribution is -0.157. The van der Waals surface area contributed by atoms with Gasteiger partial charge in [0.05, 0.1) is 6.42 Å². The standard InChI is InChI=1S/C24H34O2/c1-18-14-15-21(24(2,3)20-12-8-5-9-13-20)22(16-18)26-23(25)17-19-10-6-4-7-11-19/h5-6,8-10,12-13,18-19,21-22H,4,7,11,14-17H2,1-3H3/t18-,19-,21-,22-/m1/s1. The average molecular weight is 355 g/mol. The van der Waals surface area contributed by atoms with E-state index in [9.17, 15) is 4.79 Å². The third kappa shape index (κ3) is 4.58. The normalized spacial score (nSPS) is 29.3. The van der Waals surface area contributed by atoms with Gasteiger partial charge in [-0.25, -0.2) is 0 Å². The van der Waals surface area contributed by atoms with E-state index < -0.39 is 0 Å². The van der Waals surface area contributed by atoms with Gasteiger partial charge in [0.15, 0.2) is 0 Å². The zero-order chi connectivity index (χ0) is 18.6. The summed E-state index contributed by atoms with van der Waals surface area (Å²) in [4.78, 5) is 12.6. The number of carbonyl (C=O) groups excluding carboxylic acids is 1. The summed E-state index contributed by atoms with van der Waals surface area (Å²) in [7, 11) is 0. The van der Waals surface area contributed by atoms with Crippen molar-refractivity contribution in [2.45, 2.75) is 77.2 Å². The quantitative estimate of drug-likeness (QED) is 0.474. The van der Waals surface area contributed by atoms with Crippen molar-refractivity contribution < 1.29 is 9.53 Å². The third-order valence-electron chi connectivity index (χ3n) is 6.56. The van der Waals surface area contributed by atoms with Crippen LogP contribution < -0.4 is 0 Å². The Bertz CT molecular complexity index is 616. The van der Waals surface area contributed by atoms with Gasteiger partial charge in [-0.1, -0.05) is 69.7 Å². The largest absolute Gasteiger partial charge is 0.462 e. The molecule has 26 heavy (non-hydrogen) atoms. The van der Waals surface area contributed by atoms with Gasteiger partial charge in [-0.05, 0) is 54.9 Å². The van der Waals surface area contributed by atoms with E-state index in [2.05, 4.69) is 63.3 Å². The van der Waals surface area contributed by atoms with Crippen molar-refractivity contribution in [2.24, 2.45) is 17.8 Å². The smallest absolute Gasteiger partial charge is 0.306 e. The first-order valence-corrected chi connectivity index (χ1v) is 10.4. The monoisotopic (exact) mass is 354 g/mol. The highest BCUT2D eigenvalue weighted by Crippen LogP contribution is 2.43. The fourth-order valence-corrected chi connectivity index (χ4v) is 4.85. The molecule has 3 rings (SSSR count). The predicted molar refractivity (Wildman–Crippen MR) is 107 cm³/mol. The minimum atomic E-state index is -0.00508. The van der Waals surface area contributed by atoms with Crippen LogP contribution in [0.2, 0.25) is 0 Å². The Morgan fingerprint density at radius 3 is 2.62 bits per heavy atom. The summed E-state index contributed by atoms with van der Waals surface area (Å²) in [6, 6.07) is 10.7. The topological polar surface area (TPSA) is 26.3 Å². The molecule has 2 aliphatic rings. The van der Waals surface area contributed by atoms with Crippen molar-refractivity contribution in [1.29, 1.82) is 0 Å². The Kier molecular flexibility index (Phi) is 6.21. The van der Waals surface area contributed by atoms with Crippen LogP contribution in [0.3, 0.4) is 0 Å². The predicted octanol–water partition coefficient (Wildman–Crippen LogP) is 6.06. The Balaban J connectivity index is 1.70. The molecule has 0 saturated heterocycles. The lowest BCUT2D eigenvalue weighted by atomic mass is 9.64. The van der Waals surface area contributed by atoms with Gasteiger partial charge in [-0.2, -0.15) is 0 Å². The number of rotatable bonds is 5. The maximum Gasteiger partial charge on any atom is 0.306 e. The van der Waals surface area contributed by atoms with Crippen molar-refractivity contribution in [2.75, 3.05) is 0 Å². The van der Waals surface area contributed by atoms with Gasteiger partial charge in [-0.3, -0.25) is 4.79 Å². The number of hydrogen-bond acceptors (Lipinski definition) is 2.